The highest BCUT2D eigenvalue weighted by Gasteiger charge is 2.07. The summed E-state index contributed by atoms with van der Waals surface area (Å²) in [7, 11) is 0. The minimum Gasteiger partial charge on any atom is -0.298 e. The largest absolute Gasteiger partial charge is 0.298 e. The second-order valence-corrected chi connectivity index (χ2v) is 3.73. The third kappa shape index (κ3) is 2.35. The maximum atomic E-state index is 11.6. The zero-order chi connectivity index (χ0) is 10.7. The monoisotopic (exact) mass is 220 g/mol. The van der Waals surface area contributed by atoms with Gasteiger partial charge >= 0.3 is 0 Å². The number of carbonyl (C=O) groups excluding carboxylic acids is 1. The molecule has 0 unspecified atom stereocenters. The quantitative estimate of drug-likeness (QED) is 0.832. The minimum atomic E-state index is -0.245. The fraction of sp³-hybridized carbons (Fsp3) is 0.111. The summed E-state index contributed by atoms with van der Waals surface area (Å²) in [5.41, 5.74) is 1.31. The van der Waals surface area contributed by atoms with Crippen molar-refractivity contribution in [3.63, 3.8) is 0 Å². The highest BCUT2D eigenvalue weighted by atomic mass is 32.1. The first kappa shape index (κ1) is 9.72. The van der Waals surface area contributed by atoms with Crippen molar-refractivity contribution in [1.82, 2.24) is 15.0 Å². The molecule has 0 fully saturated rings. The van der Waals surface area contributed by atoms with E-state index in [0.29, 0.717) is 10.7 Å². The molecule has 0 radical (unpaired) electrons. The van der Waals surface area contributed by atoms with Gasteiger partial charge in [-0.15, -0.1) is 11.3 Å². The number of hydrogen-bond acceptors (Lipinski definition) is 5. The Labute approximate surface area is 90.2 Å². The van der Waals surface area contributed by atoms with E-state index < -0.39 is 0 Å². The van der Waals surface area contributed by atoms with Crippen molar-refractivity contribution in [2.45, 2.75) is 6.92 Å². The molecule has 76 valence electrons. The molecule has 5 nitrogen and oxygen atoms in total. The van der Waals surface area contributed by atoms with Crippen LogP contribution in [0.15, 0.2) is 24.1 Å². The molecule has 0 aromatic carbocycles. The number of anilines is 1. The van der Waals surface area contributed by atoms with E-state index >= 15 is 0 Å². The zero-order valence-electron chi connectivity index (χ0n) is 7.97. The number of hydrogen-bond donors (Lipinski definition) is 1. The molecule has 2 rings (SSSR count). The molecule has 0 saturated carbocycles. The predicted octanol–water partition coefficient (Wildman–Crippen LogP) is 1.49. The Bertz CT molecular complexity index is 468. The van der Waals surface area contributed by atoms with Gasteiger partial charge in [0.2, 0.25) is 0 Å². The van der Waals surface area contributed by atoms with E-state index in [1.54, 1.807) is 0 Å². The molecule has 0 aliphatic heterocycles. The fourth-order valence-corrected chi connectivity index (χ4v) is 1.68. The Hall–Kier alpha value is -1.82. The van der Waals surface area contributed by atoms with Crippen molar-refractivity contribution < 1.29 is 4.79 Å². The molecule has 0 bridgehead atoms. The van der Waals surface area contributed by atoms with Crippen LogP contribution in [0, 0.1) is 6.92 Å². The van der Waals surface area contributed by atoms with Gasteiger partial charge in [0.15, 0.2) is 5.13 Å². The van der Waals surface area contributed by atoms with Gasteiger partial charge in [-0.25, -0.2) is 15.0 Å². The second-order valence-electron chi connectivity index (χ2n) is 2.88. The predicted molar refractivity (Wildman–Crippen MR) is 56.8 cm³/mol. The fourth-order valence-electron chi connectivity index (χ4n) is 0.997. The molecule has 1 N–H and O–H groups in total. The Balaban J connectivity index is 2.11. The van der Waals surface area contributed by atoms with E-state index in [1.807, 2.05) is 12.3 Å². The Morgan fingerprint density at radius 3 is 2.73 bits per heavy atom. The SMILES string of the molecule is Cc1csc(NC(=O)c2cncnc2)n1. The minimum absolute atomic E-state index is 0.245. The molecular formula is C9H8N4OS. The molecule has 0 aliphatic carbocycles. The van der Waals surface area contributed by atoms with E-state index in [0.717, 1.165) is 5.69 Å². The first-order valence-electron chi connectivity index (χ1n) is 4.24. The van der Waals surface area contributed by atoms with Gasteiger partial charge in [0.25, 0.3) is 5.91 Å². The summed E-state index contributed by atoms with van der Waals surface area (Å²) in [6, 6.07) is 0. The lowest BCUT2D eigenvalue weighted by Crippen LogP contribution is -2.12. The van der Waals surface area contributed by atoms with Crippen molar-refractivity contribution in [1.29, 1.82) is 0 Å². The highest BCUT2D eigenvalue weighted by molar-refractivity contribution is 7.13. The average Bonchev–Trinajstić information content (AvgIpc) is 2.65. The van der Waals surface area contributed by atoms with Gasteiger partial charge in [0.05, 0.1) is 11.3 Å². The van der Waals surface area contributed by atoms with Crippen molar-refractivity contribution in [2.75, 3.05) is 5.32 Å². The molecule has 6 heteroatoms. The third-order valence-electron chi connectivity index (χ3n) is 1.66. The van der Waals surface area contributed by atoms with Crippen molar-refractivity contribution in [3.05, 3.63) is 35.4 Å². The number of nitrogens with zero attached hydrogens (tertiary/aromatic N) is 3. The molecule has 2 aromatic rings. The standard InChI is InChI=1S/C9H8N4OS/c1-6-4-15-9(12-6)13-8(14)7-2-10-5-11-3-7/h2-5H,1H3,(H,12,13,14). The van der Waals surface area contributed by atoms with Crippen LogP contribution in [-0.4, -0.2) is 20.9 Å². The first-order chi connectivity index (χ1) is 7.25. The van der Waals surface area contributed by atoms with Crippen LogP contribution in [0.5, 0.6) is 0 Å². The van der Waals surface area contributed by atoms with Crippen molar-refractivity contribution >= 4 is 22.4 Å². The van der Waals surface area contributed by atoms with Gasteiger partial charge in [-0.05, 0) is 6.92 Å². The van der Waals surface area contributed by atoms with Gasteiger partial charge in [-0.1, -0.05) is 0 Å². The van der Waals surface area contributed by atoms with Crippen LogP contribution in [0.1, 0.15) is 16.1 Å². The van der Waals surface area contributed by atoms with Crippen molar-refractivity contribution in [2.24, 2.45) is 0 Å². The Morgan fingerprint density at radius 1 is 1.40 bits per heavy atom. The van der Waals surface area contributed by atoms with Crippen LogP contribution in [0.2, 0.25) is 0 Å². The van der Waals surface area contributed by atoms with Crippen LogP contribution < -0.4 is 5.32 Å². The summed E-state index contributed by atoms with van der Waals surface area (Å²) in [5.74, 6) is -0.245. The molecular weight excluding hydrogens is 212 g/mol. The summed E-state index contributed by atoms with van der Waals surface area (Å²) in [4.78, 5) is 23.2. The first-order valence-corrected chi connectivity index (χ1v) is 5.12. The van der Waals surface area contributed by atoms with Gasteiger partial charge in [-0.3, -0.25) is 10.1 Å². The number of amides is 1. The number of nitrogens with one attached hydrogen (secondary N) is 1. The van der Waals surface area contributed by atoms with Gasteiger partial charge < -0.3 is 0 Å². The molecule has 0 saturated heterocycles. The van der Waals surface area contributed by atoms with E-state index in [-0.39, 0.29) is 5.91 Å². The normalized spacial score (nSPS) is 9.93. The molecule has 2 heterocycles. The van der Waals surface area contributed by atoms with Gasteiger partial charge in [0.1, 0.15) is 6.33 Å². The number of rotatable bonds is 2. The topological polar surface area (TPSA) is 67.8 Å². The van der Waals surface area contributed by atoms with Crippen molar-refractivity contribution in [3.8, 4) is 0 Å². The maximum absolute atomic E-state index is 11.6. The van der Waals surface area contributed by atoms with Crippen LogP contribution in [0.3, 0.4) is 0 Å². The Kier molecular flexibility index (Phi) is 2.68. The lowest BCUT2D eigenvalue weighted by Gasteiger charge is -1.99. The van der Waals surface area contributed by atoms with Crippen LogP contribution >= 0.6 is 11.3 Å². The summed E-state index contributed by atoms with van der Waals surface area (Å²) in [5, 5.41) is 5.12. The van der Waals surface area contributed by atoms with Gasteiger partial charge in [-0.2, -0.15) is 0 Å². The van der Waals surface area contributed by atoms with E-state index in [4.69, 9.17) is 0 Å². The summed E-state index contributed by atoms with van der Waals surface area (Å²) in [6.07, 6.45) is 4.30. The highest BCUT2D eigenvalue weighted by Crippen LogP contribution is 2.15. The van der Waals surface area contributed by atoms with Crippen LogP contribution in [0.25, 0.3) is 0 Å². The zero-order valence-corrected chi connectivity index (χ0v) is 8.78. The number of aromatic nitrogens is 3. The molecule has 2 aromatic heterocycles. The summed E-state index contributed by atoms with van der Waals surface area (Å²) < 4.78 is 0. The molecule has 0 atom stereocenters. The van der Waals surface area contributed by atoms with Crippen LogP contribution in [-0.2, 0) is 0 Å². The third-order valence-corrected chi connectivity index (χ3v) is 2.54. The number of thiazole rings is 1. The van der Waals surface area contributed by atoms with E-state index in [1.165, 1.54) is 30.1 Å². The summed E-state index contributed by atoms with van der Waals surface area (Å²) in [6.45, 7) is 1.87. The van der Waals surface area contributed by atoms with Gasteiger partial charge in [0, 0.05) is 17.8 Å². The number of aryl methyl sites for hydroxylation is 1. The van der Waals surface area contributed by atoms with E-state index in [9.17, 15) is 4.79 Å². The average molecular weight is 220 g/mol. The maximum Gasteiger partial charge on any atom is 0.260 e. The Morgan fingerprint density at radius 2 is 2.13 bits per heavy atom. The molecule has 15 heavy (non-hydrogen) atoms. The molecule has 0 aliphatic rings. The lowest BCUT2D eigenvalue weighted by molar-refractivity contribution is 0.102. The lowest BCUT2D eigenvalue weighted by atomic mass is 10.3. The smallest absolute Gasteiger partial charge is 0.260 e. The molecule has 0 spiro atoms. The van der Waals surface area contributed by atoms with Crippen LogP contribution in [0.4, 0.5) is 5.13 Å². The summed E-state index contributed by atoms with van der Waals surface area (Å²) >= 11 is 1.39. The van der Waals surface area contributed by atoms with E-state index in [2.05, 4.69) is 20.3 Å². The second kappa shape index (κ2) is 4.14. The number of carbonyl (C=O) groups is 1. The molecule has 1 amide bonds.